The standard InChI is InChI=1S/C16H20BrN3O2/c1-10(2)19-14(21)8-18-15(22)9-20-11(3)16(17)12-6-4-5-7-13(12)20/h4-7,10H,8-9H2,1-3H3,(H,18,22)(H,19,21). The highest BCUT2D eigenvalue weighted by Crippen LogP contribution is 2.30. The van der Waals surface area contributed by atoms with Crippen molar-refractivity contribution in [3.8, 4) is 0 Å². The average molecular weight is 366 g/mol. The Bertz CT molecular complexity index is 707. The molecule has 2 amide bonds. The molecule has 1 aromatic carbocycles. The van der Waals surface area contributed by atoms with Crippen LogP contribution in [0.15, 0.2) is 28.7 Å². The molecule has 0 bridgehead atoms. The van der Waals surface area contributed by atoms with Gasteiger partial charge in [0.1, 0.15) is 6.54 Å². The predicted octanol–water partition coefficient (Wildman–Crippen LogP) is 2.35. The SMILES string of the molecule is Cc1c(Br)c2ccccc2n1CC(=O)NCC(=O)NC(C)C. The Morgan fingerprint density at radius 3 is 2.59 bits per heavy atom. The van der Waals surface area contributed by atoms with Crippen molar-refractivity contribution in [3.05, 3.63) is 34.4 Å². The largest absolute Gasteiger partial charge is 0.352 e. The molecule has 22 heavy (non-hydrogen) atoms. The third-order valence-electron chi connectivity index (χ3n) is 3.35. The van der Waals surface area contributed by atoms with Crippen molar-refractivity contribution in [2.24, 2.45) is 0 Å². The van der Waals surface area contributed by atoms with Crippen LogP contribution in [0.3, 0.4) is 0 Å². The van der Waals surface area contributed by atoms with E-state index in [2.05, 4.69) is 26.6 Å². The van der Waals surface area contributed by atoms with Gasteiger partial charge in [0, 0.05) is 27.1 Å². The second-order valence-electron chi connectivity index (χ2n) is 5.50. The van der Waals surface area contributed by atoms with E-state index < -0.39 is 0 Å². The second kappa shape index (κ2) is 6.96. The summed E-state index contributed by atoms with van der Waals surface area (Å²) in [6, 6.07) is 7.96. The van der Waals surface area contributed by atoms with Gasteiger partial charge in [0.05, 0.1) is 6.54 Å². The predicted molar refractivity (Wildman–Crippen MR) is 90.7 cm³/mol. The zero-order valence-corrected chi connectivity index (χ0v) is 14.5. The molecule has 0 unspecified atom stereocenters. The number of aromatic nitrogens is 1. The van der Waals surface area contributed by atoms with E-state index >= 15 is 0 Å². The van der Waals surface area contributed by atoms with Gasteiger partial charge in [-0.25, -0.2) is 0 Å². The minimum atomic E-state index is -0.185. The number of carbonyl (C=O) groups excluding carboxylic acids is 2. The molecule has 0 radical (unpaired) electrons. The van der Waals surface area contributed by atoms with Gasteiger partial charge in [-0.3, -0.25) is 9.59 Å². The normalized spacial score (nSPS) is 11.0. The molecular weight excluding hydrogens is 346 g/mol. The number of fused-ring (bicyclic) bond motifs is 1. The quantitative estimate of drug-likeness (QED) is 0.853. The Morgan fingerprint density at radius 2 is 1.91 bits per heavy atom. The third-order valence-corrected chi connectivity index (χ3v) is 4.35. The van der Waals surface area contributed by atoms with Crippen LogP contribution in [-0.4, -0.2) is 29.0 Å². The molecule has 0 atom stereocenters. The Kier molecular flexibility index (Phi) is 5.24. The first-order valence-electron chi connectivity index (χ1n) is 7.19. The monoisotopic (exact) mass is 365 g/mol. The van der Waals surface area contributed by atoms with E-state index in [9.17, 15) is 9.59 Å². The molecule has 0 aliphatic rings. The average Bonchev–Trinajstić information content (AvgIpc) is 2.70. The van der Waals surface area contributed by atoms with Crippen LogP contribution in [0.25, 0.3) is 10.9 Å². The summed E-state index contributed by atoms with van der Waals surface area (Å²) < 4.78 is 2.93. The summed E-state index contributed by atoms with van der Waals surface area (Å²) in [6.07, 6.45) is 0. The number of nitrogens with one attached hydrogen (secondary N) is 2. The van der Waals surface area contributed by atoms with Crippen LogP contribution in [0.2, 0.25) is 0 Å². The maximum Gasteiger partial charge on any atom is 0.240 e. The van der Waals surface area contributed by atoms with Gasteiger partial charge in [-0.15, -0.1) is 0 Å². The third kappa shape index (κ3) is 3.68. The maximum atomic E-state index is 12.1. The molecule has 0 spiro atoms. The van der Waals surface area contributed by atoms with Crippen molar-refractivity contribution >= 4 is 38.6 Å². The van der Waals surface area contributed by atoms with Gasteiger partial charge in [-0.05, 0) is 42.8 Å². The summed E-state index contributed by atoms with van der Waals surface area (Å²) in [5.74, 6) is -0.367. The van der Waals surface area contributed by atoms with Crippen molar-refractivity contribution < 1.29 is 9.59 Å². The summed E-state index contributed by atoms with van der Waals surface area (Å²) in [5.41, 5.74) is 1.98. The summed E-state index contributed by atoms with van der Waals surface area (Å²) in [7, 11) is 0. The number of hydrogen-bond donors (Lipinski definition) is 2. The highest BCUT2D eigenvalue weighted by molar-refractivity contribution is 9.10. The number of carbonyl (C=O) groups is 2. The highest BCUT2D eigenvalue weighted by Gasteiger charge is 2.14. The minimum Gasteiger partial charge on any atom is -0.352 e. The molecule has 0 saturated carbocycles. The van der Waals surface area contributed by atoms with Crippen LogP contribution in [0.4, 0.5) is 0 Å². The van der Waals surface area contributed by atoms with Gasteiger partial charge in [-0.2, -0.15) is 0 Å². The molecule has 2 N–H and O–H groups in total. The van der Waals surface area contributed by atoms with Crippen LogP contribution < -0.4 is 10.6 Å². The van der Waals surface area contributed by atoms with Crippen LogP contribution >= 0.6 is 15.9 Å². The number of hydrogen-bond acceptors (Lipinski definition) is 2. The van der Waals surface area contributed by atoms with E-state index in [0.717, 1.165) is 21.1 Å². The van der Waals surface area contributed by atoms with E-state index in [4.69, 9.17) is 0 Å². The van der Waals surface area contributed by atoms with E-state index in [1.165, 1.54) is 0 Å². The zero-order chi connectivity index (χ0) is 16.3. The lowest BCUT2D eigenvalue weighted by atomic mass is 10.2. The molecule has 2 rings (SSSR count). The van der Waals surface area contributed by atoms with Crippen LogP contribution in [0.1, 0.15) is 19.5 Å². The first-order valence-corrected chi connectivity index (χ1v) is 7.99. The fourth-order valence-corrected chi connectivity index (χ4v) is 2.89. The molecule has 0 saturated heterocycles. The number of halogens is 1. The van der Waals surface area contributed by atoms with E-state index in [0.29, 0.717) is 0 Å². The highest BCUT2D eigenvalue weighted by atomic mass is 79.9. The van der Waals surface area contributed by atoms with Crippen molar-refractivity contribution in [3.63, 3.8) is 0 Å². The number of rotatable bonds is 5. The molecule has 5 nitrogen and oxygen atoms in total. The lowest BCUT2D eigenvalue weighted by Crippen LogP contribution is -2.40. The molecule has 2 aromatic rings. The zero-order valence-electron chi connectivity index (χ0n) is 12.9. The topological polar surface area (TPSA) is 63.1 Å². The lowest BCUT2D eigenvalue weighted by molar-refractivity contribution is -0.126. The van der Waals surface area contributed by atoms with Crippen molar-refractivity contribution in [1.82, 2.24) is 15.2 Å². The first-order chi connectivity index (χ1) is 10.4. The van der Waals surface area contributed by atoms with E-state index in [-0.39, 0.29) is 30.9 Å². The summed E-state index contributed by atoms with van der Waals surface area (Å²) in [4.78, 5) is 23.6. The van der Waals surface area contributed by atoms with Crippen LogP contribution in [-0.2, 0) is 16.1 Å². The molecule has 1 heterocycles. The molecule has 118 valence electrons. The number of para-hydroxylation sites is 1. The van der Waals surface area contributed by atoms with Crippen molar-refractivity contribution in [2.75, 3.05) is 6.54 Å². The molecule has 0 aliphatic carbocycles. The molecule has 0 fully saturated rings. The van der Waals surface area contributed by atoms with Gasteiger partial charge in [-0.1, -0.05) is 18.2 Å². The molecular formula is C16H20BrN3O2. The number of benzene rings is 1. The van der Waals surface area contributed by atoms with Crippen molar-refractivity contribution in [1.29, 1.82) is 0 Å². The van der Waals surface area contributed by atoms with Gasteiger partial charge >= 0.3 is 0 Å². The fraction of sp³-hybridized carbons (Fsp3) is 0.375. The molecule has 1 aromatic heterocycles. The minimum absolute atomic E-state index is 0.00354. The summed E-state index contributed by atoms with van der Waals surface area (Å²) in [6.45, 7) is 5.91. The molecule has 6 heteroatoms. The van der Waals surface area contributed by atoms with Gasteiger partial charge < -0.3 is 15.2 Å². The van der Waals surface area contributed by atoms with E-state index in [1.807, 2.05) is 49.6 Å². The Morgan fingerprint density at radius 1 is 1.23 bits per heavy atom. The summed E-state index contributed by atoms with van der Waals surface area (Å²) in [5, 5.41) is 6.46. The Balaban J connectivity index is 2.06. The number of amides is 2. The Hall–Kier alpha value is -1.82. The fourth-order valence-electron chi connectivity index (χ4n) is 2.34. The van der Waals surface area contributed by atoms with Crippen molar-refractivity contribution in [2.45, 2.75) is 33.4 Å². The smallest absolute Gasteiger partial charge is 0.240 e. The van der Waals surface area contributed by atoms with Crippen LogP contribution in [0.5, 0.6) is 0 Å². The van der Waals surface area contributed by atoms with Gasteiger partial charge in [0.25, 0.3) is 0 Å². The van der Waals surface area contributed by atoms with Crippen LogP contribution in [0, 0.1) is 6.92 Å². The second-order valence-corrected chi connectivity index (χ2v) is 6.29. The lowest BCUT2D eigenvalue weighted by Gasteiger charge is -2.11. The first kappa shape index (κ1) is 16.5. The van der Waals surface area contributed by atoms with E-state index in [1.54, 1.807) is 0 Å². The number of nitrogens with zero attached hydrogens (tertiary/aromatic N) is 1. The Labute approximate surface area is 138 Å². The molecule has 0 aliphatic heterocycles. The maximum absolute atomic E-state index is 12.1. The van der Waals surface area contributed by atoms with Gasteiger partial charge in [0.15, 0.2) is 0 Å². The van der Waals surface area contributed by atoms with Gasteiger partial charge in [0.2, 0.25) is 11.8 Å². The summed E-state index contributed by atoms with van der Waals surface area (Å²) >= 11 is 3.56.